The lowest BCUT2D eigenvalue weighted by Gasteiger charge is -2.19. The molecule has 1 heterocycles. The third kappa shape index (κ3) is 4.95. The summed E-state index contributed by atoms with van der Waals surface area (Å²) in [4.78, 5) is 16.2. The van der Waals surface area contributed by atoms with Gasteiger partial charge >= 0.3 is 5.97 Å². The van der Waals surface area contributed by atoms with Crippen molar-refractivity contribution in [2.45, 2.75) is 40.2 Å². The zero-order chi connectivity index (χ0) is 16.9. The summed E-state index contributed by atoms with van der Waals surface area (Å²) in [6.45, 7) is 12.8. The predicted octanol–water partition coefficient (Wildman–Crippen LogP) is 4.71. The van der Waals surface area contributed by atoms with Gasteiger partial charge in [0.25, 0.3) is 0 Å². The van der Waals surface area contributed by atoms with E-state index < -0.39 is 17.4 Å². The number of pyridine rings is 1. The zero-order valence-electron chi connectivity index (χ0n) is 13.7. The Hall–Kier alpha value is -2.23. The van der Waals surface area contributed by atoms with E-state index in [2.05, 4.69) is 11.6 Å². The van der Waals surface area contributed by atoms with Gasteiger partial charge in [-0.1, -0.05) is 24.8 Å². The molecule has 0 amide bonds. The predicted molar refractivity (Wildman–Crippen MR) is 87.0 cm³/mol. The molecule has 0 aromatic carbocycles. The molecular weight excluding hydrogens is 281 g/mol. The van der Waals surface area contributed by atoms with Crippen LogP contribution in [0.5, 0.6) is 0 Å². The quantitative estimate of drug-likeness (QED) is 0.597. The maximum Gasteiger partial charge on any atom is 0.360 e. The van der Waals surface area contributed by atoms with Gasteiger partial charge < -0.3 is 4.74 Å². The first-order valence-corrected chi connectivity index (χ1v) is 7.05. The van der Waals surface area contributed by atoms with Gasteiger partial charge in [0.2, 0.25) is 0 Å². The lowest BCUT2D eigenvalue weighted by atomic mass is 10.0. The normalized spacial score (nSPS) is 12.5. The van der Waals surface area contributed by atoms with E-state index in [9.17, 15) is 9.18 Å². The van der Waals surface area contributed by atoms with Crippen molar-refractivity contribution in [2.75, 3.05) is 0 Å². The van der Waals surface area contributed by atoms with Crippen molar-refractivity contribution in [1.82, 2.24) is 4.98 Å². The smallest absolute Gasteiger partial charge is 0.360 e. The number of rotatable bonds is 4. The van der Waals surface area contributed by atoms with Crippen molar-refractivity contribution < 1.29 is 13.9 Å². The Morgan fingerprint density at radius 2 is 2.00 bits per heavy atom. The molecule has 0 aliphatic heterocycles. The Kier molecular flexibility index (Phi) is 5.80. The Bertz CT molecular complexity index is 637. The molecule has 4 heteroatoms. The third-order valence-electron chi connectivity index (χ3n) is 2.63. The standard InChI is InChI=1S/C18H22FNO2/c1-7-8-9-13(12(2)3)15-11-10-14(19)16(20-15)17(21)22-18(4,5)6/h7-11H,2H2,1,3-6H3/b8-7-,13-9+. The molecule has 22 heavy (non-hydrogen) atoms. The fourth-order valence-corrected chi connectivity index (χ4v) is 1.70. The molecule has 3 nitrogen and oxygen atoms in total. The van der Waals surface area contributed by atoms with Crippen LogP contribution in [0.4, 0.5) is 4.39 Å². The van der Waals surface area contributed by atoms with Gasteiger partial charge in [-0.15, -0.1) is 0 Å². The highest BCUT2D eigenvalue weighted by Crippen LogP contribution is 2.22. The van der Waals surface area contributed by atoms with E-state index in [1.807, 2.05) is 32.1 Å². The van der Waals surface area contributed by atoms with Crippen molar-refractivity contribution >= 4 is 11.5 Å². The summed E-state index contributed by atoms with van der Waals surface area (Å²) in [6.07, 6.45) is 5.52. The maximum absolute atomic E-state index is 13.9. The van der Waals surface area contributed by atoms with Crippen LogP contribution in [0.15, 0.2) is 42.5 Å². The first-order valence-electron chi connectivity index (χ1n) is 7.05. The molecule has 118 valence electrons. The highest BCUT2D eigenvalue weighted by molar-refractivity contribution is 5.89. The second-order valence-corrected chi connectivity index (χ2v) is 5.92. The van der Waals surface area contributed by atoms with Crippen LogP contribution >= 0.6 is 0 Å². The van der Waals surface area contributed by atoms with Crippen LogP contribution in [-0.4, -0.2) is 16.6 Å². The monoisotopic (exact) mass is 303 g/mol. The summed E-state index contributed by atoms with van der Waals surface area (Å²) >= 11 is 0. The molecule has 1 aromatic heterocycles. The molecule has 0 saturated carbocycles. The van der Waals surface area contributed by atoms with Crippen molar-refractivity contribution in [3.63, 3.8) is 0 Å². The number of hydrogen-bond acceptors (Lipinski definition) is 3. The van der Waals surface area contributed by atoms with Crippen molar-refractivity contribution in [3.8, 4) is 0 Å². The minimum atomic E-state index is -0.779. The van der Waals surface area contributed by atoms with Crippen LogP contribution in [0, 0.1) is 5.82 Å². The molecule has 1 rings (SSSR count). The number of carbonyl (C=O) groups is 1. The number of ether oxygens (including phenoxy) is 1. The molecule has 0 fully saturated rings. The van der Waals surface area contributed by atoms with E-state index in [0.717, 1.165) is 11.1 Å². The van der Waals surface area contributed by atoms with Crippen molar-refractivity contribution in [3.05, 3.63) is 59.7 Å². The van der Waals surface area contributed by atoms with Gasteiger partial charge in [-0.2, -0.15) is 0 Å². The van der Waals surface area contributed by atoms with Gasteiger partial charge in [-0.05, 0) is 52.3 Å². The second-order valence-electron chi connectivity index (χ2n) is 5.92. The third-order valence-corrected chi connectivity index (χ3v) is 2.63. The van der Waals surface area contributed by atoms with Crippen LogP contribution in [0.3, 0.4) is 0 Å². The van der Waals surface area contributed by atoms with Crippen molar-refractivity contribution in [2.24, 2.45) is 0 Å². The number of esters is 1. The van der Waals surface area contributed by atoms with Gasteiger partial charge in [0, 0.05) is 5.57 Å². The largest absolute Gasteiger partial charge is 0.455 e. The Balaban J connectivity index is 3.29. The van der Waals surface area contributed by atoms with E-state index in [4.69, 9.17) is 4.74 Å². The molecule has 0 saturated heterocycles. The molecule has 0 unspecified atom stereocenters. The SMILES string of the molecule is C=C(C)/C(=C\C=C/C)c1ccc(F)c(C(=O)OC(C)(C)C)n1. The summed E-state index contributed by atoms with van der Waals surface area (Å²) in [5.41, 5.74) is 0.960. The second kappa shape index (κ2) is 7.16. The van der Waals surface area contributed by atoms with Gasteiger partial charge in [-0.25, -0.2) is 14.2 Å². The van der Waals surface area contributed by atoms with Crippen LogP contribution in [0.25, 0.3) is 5.57 Å². The van der Waals surface area contributed by atoms with E-state index >= 15 is 0 Å². The number of carbonyl (C=O) groups excluding carboxylic acids is 1. The fraction of sp³-hybridized carbons (Fsp3) is 0.333. The highest BCUT2D eigenvalue weighted by Gasteiger charge is 2.23. The lowest BCUT2D eigenvalue weighted by molar-refractivity contribution is 0.00574. The molecule has 0 bridgehead atoms. The first-order chi connectivity index (χ1) is 10.2. The minimum absolute atomic E-state index is 0.319. The molecule has 0 aliphatic rings. The minimum Gasteiger partial charge on any atom is -0.455 e. The summed E-state index contributed by atoms with van der Waals surface area (Å²) in [5.74, 6) is -1.48. The van der Waals surface area contributed by atoms with Crippen LogP contribution in [0.2, 0.25) is 0 Å². The van der Waals surface area contributed by atoms with Gasteiger partial charge in [0.15, 0.2) is 11.5 Å². The maximum atomic E-state index is 13.9. The molecule has 0 spiro atoms. The molecule has 0 radical (unpaired) electrons. The van der Waals surface area contributed by atoms with Gasteiger partial charge in [0.1, 0.15) is 5.60 Å². The number of halogens is 1. The van der Waals surface area contributed by atoms with Crippen LogP contribution in [-0.2, 0) is 4.74 Å². The molecule has 1 aromatic rings. The summed E-state index contributed by atoms with van der Waals surface area (Å²) in [7, 11) is 0. The van der Waals surface area contributed by atoms with Crippen LogP contribution in [0.1, 0.15) is 50.8 Å². The average molecular weight is 303 g/mol. The molecule has 0 atom stereocenters. The Morgan fingerprint density at radius 1 is 1.36 bits per heavy atom. The number of allylic oxidation sites excluding steroid dienone is 5. The zero-order valence-corrected chi connectivity index (χ0v) is 13.7. The van der Waals surface area contributed by atoms with Crippen molar-refractivity contribution in [1.29, 1.82) is 0 Å². The summed E-state index contributed by atoms with van der Waals surface area (Å²) in [5, 5.41) is 0. The first kappa shape index (κ1) is 17.8. The lowest BCUT2D eigenvalue weighted by Crippen LogP contribution is -2.25. The van der Waals surface area contributed by atoms with Crippen LogP contribution < -0.4 is 0 Å². The molecule has 0 aliphatic carbocycles. The highest BCUT2D eigenvalue weighted by atomic mass is 19.1. The summed E-state index contributed by atoms with van der Waals surface area (Å²) in [6, 6.07) is 2.74. The fourth-order valence-electron chi connectivity index (χ4n) is 1.70. The van der Waals surface area contributed by atoms with Gasteiger partial charge in [-0.3, -0.25) is 0 Å². The molecule has 0 N–H and O–H groups in total. The Labute approximate surface area is 131 Å². The van der Waals surface area contributed by atoms with E-state index in [-0.39, 0.29) is 5.69 Å². The number of nitrogens with zero attached hydrogens (tertiary/aromatic N) is 1. The number of aromatic nitrogens is 1. The summed E-state index contributed by atoms with van der Waals surface area (Å²) < 4.78 is 19.1. The van der Waals surface area contributed by atoms with Gasteiger partial charge in [0.05, 0.1) is 5.69 Å². The topological polar surface area (TPSA) is 39.2 Å². The van der Waals surface area contributed by atoms with E-state index in [0.29, 0.717) is 5.69 Å². The molecular formula is C18H22FNO2. The van der Waals surface area contributed by atoms with E-state index in [1.165, 1.54) is 12.1 Å². The Morgan fingerprint density at radius 3 is 2.50 bits per heavy atom. The average Bonchev–Trinajstić information content (AvgIpc) is 2.38. The van der Waals surface area contributed by atoms with E-state index in [1.54, 1.807) is 20.8 Å². The number of hydrogen-bond donors (Lipinski definition) is 0.